The number of benzene rings is 1. The van der Waals surface area contributed by atoms with Crippen LogP contribution in [0.1, 0.15) is 12.7 Å². The Morgan fingerprint density at radius 2 is 2.12 bits per heavy atom. The number of hydrogen-bond donors (Lipinski definition) is 1. The van der Waals surface area contributed by atoms with E-state index >= 15 is 0 Å². The van der Waals surface area contributed by atoms with Crippen molar-refractivity contribution in [2.45, 2.75) is 18.7 Å². The molecule has 1 aliphatic heterocycles. The van der Waals surface area contributed by atoms with Gasteiger partial charge >= 0.3 is 0 Å². The molecule has 1 atom stereocenters. The summed E-state index contributed by atoms with van der Waals surface area (Å²) in [5.74, 6) is -0.786. The largest absolute Gasteiger partial charge is 0.467 e. The van der Waals surface area contributed by atoms with Crippen LogP contribution in [-0.4, -0.2) is 17.1 Å². The number of thioether (sulfide) groups is 1. The average Bonchev–Trinajstić information content (AvgIpc) is 3.24. The van der Waals surface area contributed by atoms with Crippen molar-refractivity contribution in [2.24, 2.45) is 0 Å². The van der Waals surface area contributed by atoms with Gasteiger partial charge in [0, 0.05) is 5.69 Å². The van der Waals surface area contributed by atoms with E-state index < -0.39 is 17.0 Å². The monoisotopic (exact) mass is 371 g/mol. The zero-order chi connectivity index (χ0) is 18.7. The van der Waals surface area contributed by atoms with Gasteiger partial charge in [-0.25, -0.2) is 4.39 Å². The topological polar surface area (TPSA) is 86.3 Å². The van der Waals surface area contributed by atoms with Crippen LogP contribution in [0.25, 0.3) is 0 Å². The van der Waals surface area contributed by atoms with Crippen molar-refractivity contribution in [1.29, 1.82) is 5.26 Å². The first kappa shape index (κ1) is 17.8. The van der Waals surface area contributed by atoms with Gasteiger partial charge in [0.1, 0.15) is 28.2 Å². The minimum Gasteiger partial charge on any atom is -0.467 e. The van der Waals surface area contributed by atoms with Crippen LogP contribution >= 0.6 is 11.8 Å². The van der Waals surface area contributed by atoms with Crippen molar-refractivity contribution < 1.29 is 18.4 Å². The van der Waals surface area contributed by atoms with Gasteiger partial charge in [-0.2, -0.15) is 5.26 Å². The van der Waals surface area contributed by atoms with Crippen molar-refractivity contribution in [3.63, 3.8) is 0 Å². The first-order valence-electron chi connectivity index (χ1n) is 7.72. The van der Waals surface area contributed by atoms with Gasteiger partial charge in [0.05, 0.1) is 18.1 Å². The number of furan rings is 1. The summed E-state index contributed by atoms with van der Waals surface area (Å²) in [5.41, 5.74) is 0.221. The van der Waals surface area contributed by atoms with Gasteiger partial charge in [0.25, 0.3) is 5.91 Å². The van der Waals surface area contributed by atoms with E-state index in [4.69, 9.17) is 4.42 Å². The van der Waals surface area contributed by atoms with Crippen molar-refractivity contribution >= 4 is 29.3 Å². The van der Waals surface area contributed by atoms with E-state index in [9.17, 15) is 19.2 Å². The predicted molar refractivity (Wildman–Crippen MR) is 94.1 cm³/mol. The summed E-state index contributed by atoms with van der Waals surface area (Å²) in [5, 5.41) is 11.9. The van der Waals surface area contributed by atoms with Crippen LogP contribution < -0.4 is 10.2 Å². The van der Waals surface area contributed by atoms with Gasteiger partial charge in [-0.1, -0.05) is 11.8 Å². The van der Waals surface area contributed by atoms with Gasteiger partial charge in [-0.05, 0) is 43.3 Å². The maximum atomic E-state index is 13.2. The molecule has 0 radical (unpaired) electrons. The first-order valence-corrected chi connectivity index (χ1v) is 8.60. The summed E-state index contributed by atoms with van der Waals surface area (Å²) < 4.78 is 18.3. The van der Waals surface area contributed by atoms with Gasteiger partial charge < -0.3 is 9.73 Å². The molecule has 1 aromatic carbocycles. The van der Waals surface area contributed by atoms with Crippen molar-refractivity contribution in [3.8, 4) is 6.07 Å². The molecule has 132 valence electrons. The van der Waals surface area contributed by atoms with E-state index in [0.717, 1.165) is 11.8 Å². The molecule has 0 unspecified atom stereocenters. The summed E-state index contributed by atoms with van der Waals surface area (Å²) in [6.45, 7) is 1.81. The number of carbonyl (C=O) groups excluding carboxylic acids is 2. The lowest BCUT2D eigenvalue weighted by atomic mass is 10.2. The van der Waals surface area contributed by atoms with Crippen LogP contribution in [-0.2, 0) is 16.1 Å². The van der Waals surface area contributed by atoms with Crippen LogP contribution in [0.4, 0.5) is 10.1 Å². The molecule has 0 aliphatic carbocycles. The smallest absolute Gasteiger partial charge is 0.265 e. The molecule has 1 aromatic heterocycles. The number of carbonyl (C=O) groups is 2. The first-order chi connectivity index (χ1) is 12.5. The summed E-state index contributed by atoms with van der Waals surface area (Å²) in [7, 11) is 0. The molecule has 0 saturated carbocycles. The maximum Gasteiger partial charge on any atom is 0.265 e. The number of nitriles is 1. The van der Waals surface area contributed by atoms with Gasteiger partial charge in [0.15, 0.2) is 0 Å². The second kappa shape index (κ2) is 7.45. The lowest BCUT2D eigenvalue weighted by Gasteiger charge is -2.18. The third kappa shape index (κ3) is 3.48. The molecule has 1 fully saturated rings. The maximum absolute atomic E-state index is 13.2. The van der Waals surface area contributed by atoms with Gasteiger partial charge in [-0.3, -0.25) is 14.5 Å². The standard InChI is InChI=1S/C18H14FN3O3S/c1-11-17(24)22(13-6-4-12(19)5-7-13)18(26-11)15(9-20)16(23)21-10-14-3-2-8-25-14/h2-8,11H,10H2,1H3,(H,21,23)/b18-15+/t11-/m0/s1. The molecule has 1 aliphatic rings. The fourth-order valence-electron chi connectivity index (χ4n) is 2.42. The fourth-order valence-corrected chi connectivity index (χ4v) is 3.52. The van der Waals surface area contributed by atoms with Gasteiger partial charge in [0.2, 0.25) is 5.91 Å². The Balaban J connectivity index is 1.92. The molecule has 0 spiro atoms. The number of nitrogens with zero attached hydrogens (tertiary/aromatic N) is 2. The highest BCUT2D eigenvalue weighted by atomic mass is 32.2. The number of nitrogens with one attached hydrogen (secondary N) is 1. The Hall–Kier alpha value is -3.05. The number of halogens is 1. The molecular weight excluding hydrogens is 357 g/mol. The predicted octanol–water partition coefficient (Wildman–Crippen LogP) is 2.94. The summed E-state index contributed by atoms with van der Waals surface area (Å²) in [6, 6.07) is 10.6. The summed E-state index contributed by atoms with van der Waals surface area (Å²) in [6.07, 6.45) is 1.48. The number of hydrogen-bond acceptors (Lipinski definition) is 5. The lowest BCUT2D eigenvalue weighted by Crippen LogP contribution is -2.30. The van der Waals surface area contributed by atoms with Crippen molar-refractivity contribution in [2.75, 3.05) is 4.90 Å². The van der Waals surface area contributed by atoms with Crippen LogP contribution in [0.2, 0.25) is 0 Å². The second-order valence-electron chi connectivity index (χ2n) is 5.46. The van der Waals surface area contributed by atoms with E-state index in [-0.39, 0.29) is 23.1 Å². The minimum atomic E-state index is -0.611. The molecule has 1 saturated heterocycles. The van der Waals surface area contributed by atoms with Crippen molar-refractivity contribution in [1.82, 2.24) is 5.32 Å². The third-order valence-corrected chi connectivity index (χ3v) is 4.87. The second-order valence-corrected chi connectivity index (χ2v) is 6.79. The summed E-state index contributed by atoms with van der Waals surface area (Å²) in [4.78, 5) is 26.2. The third-order valence-electron chi connectivity index (χ3n) is 3.70. The van der Waals surface area contributed by atoms with Crippen LogP contribution in [0.5, 0.6) is 0 Å². The molecule has 1 N–H and O–H groups in total. The molecule has 26 heavy (non-hydrogen) atoms. The van der Waals surface area contributed by atoms with Crippen LogP contribution in [0, 0.1) is 17.1 Å². The Labute approximate surface area is 153 Å². The highest BCUT2D eigenvalue weighted by Crippen LogP contribution is 2.40. The van der Waals surface area contributed by atoms with E-state index in [1.807, 2.05) is 6.07 Å². The van der Waals surface area contributed by atoms with Crippen molar-refractivity contribution in [3.05, 3.63) is 64.8 Å². The normalized spacial score (nSPS) is 18.6. The van der Waals surface area contributed by atoms with Crippen LogP contribution in [0.3, 0.4) is 0 Å². The molecular formula is C18H14FN3O3S. The quantitative estimate of drug-likeness (QED) is 0.660. The lowest BCUT2D eigenvalue weighted by molar-refractivity contribution is -0.117. The number of rotatable bonds is 4. The van der Waals surface area contributed by atoms with Crippen LogP contribution in [0.15, 0.2) is 57.7 Å². The molecule has 3 rings (SSSR count). The Morgan fingerprint density at radius 3 is 2.73 bits per heavy atom. The molecule has 2 amide bonds. The Bertz CT molecular complexity index is 901. The minimum absolute atomic E-state index is 0.120. The zero-order valence-electron chi connectivity index (χ0n) is 13.7. The van der Waals surface area contributed by atoms with E-state index in [1.165, 1.54) is 35.4 Å². The number of amides is 2. The zero-order valence-corrected chi connectivity index (χ0v) is 14.5. The van der Waals surface area contributed by atoms with Gasteiger partial charge in [-0.15, -0.1) is 0 Å². The van der Waals surface area contributed by atoms with E-state index in [1.54, 1.807) is 19.1 Å². The van der Waals surface area contributed by atoms with E-state index in [2.05, 4.69) is 5.32 Å². The molecule has 0 bridgehead atoms. The Morgan fingerprint density at radius 1 is 1.38 bits per heavy atom. The highest BCUT2D eigenvalue weighted by molar-refractivity contribution is 8.05. The Kier molecular flexibility index (Phi) is 5.09. The SMILES string of the molecule is C[C@@H]1S/C(=C(\C#N)C(=O)NCc2ccco2)N(c2ccc(F)cc2)C1=O. The summed E-state index contributed by atoms with van der Waals surface area (Å²) >= 11 is 1.12. The number of anilines is 1. The molecule has 2 aromatic rings. The fraction of sp³-hybridized carbons (Fsp3) is 0.167. The molecule has 2 heterocycles. The highest BCUT2D eigenvalue weighted by Gasteiger charge is 2.38. The average molecular weight is 371 g/mol. The molecule has 8 heteroatoms. The van der Waals surface area contributed by atoms with E-state index in [0.29, 0.717) is 11.4 Å². The molecule has 6 nitrogen and oxygen atoms in total.